The molecule has 98 valence electrons. The molecule has 0 aromatic carbocycles. The highest BCUT2D eigenvalue weighted by Gasteiger charge is 2.20. The summed E-state index contributed by atoms with van der Waals surface area (Å²) in [4.78, 5) is 4.75. The summed E-state index contributed by atoms with van der Waals surface area (Å²) < 4.78 is 5.37. The smallest absolute Gasteiger partial charge is 0.156 e. The zero-order chi connectivity index (χ0) is 12.1. The first-order chi connectivity index (χ1) is 8.25. The van der Waals surface area contributed by atoms with E-state index in [9.17, 15) is 0 Å². The molecule has 1 N–H and O–H groups in total. The van der Waals surface area contributed by atoms with E-state index in [-0.39, 0.29) is 0 Å². The van der Waals surface area contributed by atoms with E-state index in [1.807, 2.05) is 11.8 Å². The van der Waals surface area contributed by atoms with E-state index in [1.54, 1.807) is 0 Å². The van der Waals surface area contributed by atoms with Crippen LogP contribution in [0.1, 0.15) is 33.1 Å². The van der Waals surface area contributed by atoms with Crippen molar-refractivity contribution in [1.82, 2.24) is 5.32 Å². The summed E-state index contributed by atoms with van der Waals surface area (Å²) in [6, 6.07) is 0.615. The number of amidine groups is 1. The number of nitrogens with zero attached hydrogens (tertiary/aromatic N) is 1. The fourth-order valence-corrected chi connectivity index (χ4v) is 3.25. The van der Waals surface area contributed by atoms with Crippen molar-refractivity contribution in [2.45, 2.75) is 39.2 Å². The second-order valence-corrected chi connectivity index (χ2v) is 6.42. The van der Waals surface area contributed by atoms with E-state index in [4.69, 9.17) is 9.73 Å². The maximum absolute atomic E-state index is 5.37. The summed E-state index contributed by atoms with van der Waals surface area (Å²) in [6.07, 6.45) is 3.61. The minimum atomic E-state index is 0.615. The Kier molecular flexibility index (Phi) is 5.16. The SMILES string of the molecule is CC(C)C1CCSC(=NCC2CCOCC2)N1. The molecular formula is C13H24N2OS. The Morgan fingerprint density at radius 3 is 2.82 bits per heavy atom. The van der Waals surface area contributed by atoms with E-state index in [0.717, 1.165) is 25.7 Å². The number of nitrogens with one attached hydrogen (secondary N) is 1. The fourth-order valence-electron chi connectivity index (χ4n) is 2.29. The van der Waals surface area contributed by atoms with Crippen LogP contribution in [-0.4, -0.2) is 36.7 Å². The molecule has 1 atom stereocenters. The van der Waals surface area contributed by atoms with Crippen molar-refractivity contribution in [2.75, 3.05) is 25.5 Å². The third-order valence-corrected chi connectivity index (χ3v) is 4.58. The molecule has 0 aliphatic carbocycles. The van der Waals surface area contributed by atoms with Crippen molar-refractivity contribution in [3.63, 3.8) is 0 Å². The standard InChI is InChI=1S/C13H24N2OS/c1-10(2)12-5-8-17-13(15-12)14-9-11-3-6-16-7-4-11/h10-12H,3-9H2,1-2H3,(H,14,15). The van der Waals surface area contributed by atoms with Gasteiger partial charge in [0.2, 0.25) is 0 Å². The zero-order valence-corrected chi connectivity index (χ0v) is 11.8. The average molecular weight is 256 g/mol. The van der Waals surface area contributed by atoms with E-state index >= 15 is 0 Å². The largest absolute Gasteiger partial charge is 0.381 e. The van der Waals surface area contributed by atoms with Crippen molar-refractivity contribution < 1.29 is 4.74 Å². The Balaban J connectivity index is 1.79. The number of aliphatic imine (C=N–C) groups is 1. The van der Waals surface area contributed by atoms with Gasteiger partial charge in [-0.25, -0.2) is 0 Å². The predicted molar refractivity (Wildman–Crippen MR) is 74.7 cm³/mol. The molecule has 2 fully saturated rings. The van der Waals surface area contributed by atoms with Gasteiger partial charge >= 0.3 is 0 Å². The zero-order valence-electron chi connectivity index (χ0n) is 10.9. The highest BCUT2D eigenvalue weighted by atomic mass is 32.2. The molecule has 17 heavy (non-hydrogen) atoms. The lowest BCUT2D eigenvalue weighted by Crippen LogP contribution is -2.41. The molecule has 0 radical (unpaired) electrons. The summed E-state index contributed by atoms with van der Waals surface area (Å²) in [5.74, 6) is 2.64. The minimum Gasteiger partial charge on any atom is -0.381 e. The number of hydrogen-bond acceptors (Lipinski definition) is 3. The summed E-state index contributed by atoms with van der Waals surface area (Å²) in [5, 5.41) is 4.74. The van der Waals surface area contributed by atoms with Crippen LogP contribution in [0.3, 0.4) is 0 Å². The molecule has 1 unspecified atom stereocenters. The summed E-state index contributed by atoms with van der Waals surface area (Å²) >= 11 is 1.88. The Hall–Kier alpha value is -0.220. The van der Waals surface area contributed by atoms with Crippen molar-refractivity contribution >= 4 is 16.9 Å². The predicted octanol–water partition coefficient (Wildman–Crippen LogP) is 2.52. The van der Waals surface area contributed by atoms with Gasteiger partial charge in [0.15, 0.2) is 5.17 Å². The molecule has 0 amide bonds. The lowest BCUT2D eigenvalue weighted by molar-refractivity contribution is 0.0689. The van der Waals surface area contributed by atoms with Gasteiger partial charge in [-0.05, 0) is 31.1 Å². The second kappa shape index (κ2) is 6.64. The molecule has 3 nitrogen and oxygen atoms in total. The lowest BCUT2D eigenvalue weighted by atomic mass is 10.0. The molecule has 2 heterocycles. The Morgan fingerprint density at radius 1 is 1.35 bits per heavy atom. The van der Waals surface area contributed by atoms with Crippen LogP contribution in [0.2, 0.25) is 0 Å². The number of thioether (sulfide) groups is 1. The van der Waals surface area contributed by atoms with E-state index in [1.165, 1.54) is 30.2 Å². The van der Waals surface area contributed by atoms with Gasteiger partial charge in [-0.2, -0.15) is 0 Å². The topological polar surface area (TPSA) is 33.6 Å². The van der Waals surface area contributed by atoms with Gasteiger partial charge in [-0.15, -0.1) is 0 Å². The maximum atomic E-state index is 5.37. The van der Waals surface area contributed by atoms with Gasteiger partial charge < -0.3 is 10.1 Å². The number of rotatable bonds is 3. The molecule has 0 aromatic rings. The molecular weight excluding hydrogens is 232 g/mol. The molecule has 0 aromatic heterocycles. The molecule has 0 saturated carbocycles. The summed E-state index contributed by atoms with van der Waals surface area (Å²) in [6.45, 7) is 7.38. The number of ether oxygens (including phenoxy) is 1. The van der Waals surface area contributed by atoms with Gasteiger partial charge in [0.05, 0.1) is 0 Å². The molecule has 2 aliphatic heterocycles. The van der Waals surface area contributed by atoms with Crippen LogP contribution in [0.15, 0.2) is 4.99 Å². The lowest BCUT2D eigenvalue weighted by Gasteiger charge is -2.29. The molecule has 2 aliphatic rings. The highest BCUT2D eigenvalue weighted by Crippen LogP contribution is 2.20. The van der Waals surface area contributed by atoms with Crippen LogP contribution in [-0.2, 0) is 4.74 Å². The fraction of sp³-hybridized carbons (Fsp3) is 0.923. The molecule has 4 heteroatoms. The van der Waals surface area contributed by atoms with Gasteiger partial charge in [-0.3, -0.25) is 4.99 Å². The maximum Gasteiger partial charge on any atom is 0.156 e. The van der Waals surface area contributed by atoms with Crippen LogP contribution in [0, 0.1) is 11.8 Å². The molecule has 0 spiro atoms. The van der Waals surface area contributed by atoms with E-state index in [2.05, 4.69) is 19.2 Å². The summed E-state index contributed by atoms with van der Waals surface area (Å²) in [5.41, 5.74) is 0. The summed E-state index contributed by atoms with van der Waals surface area (Å²) in [7, 11) is 0. The molecule has 2 saturated heterocycles. The van der Waals surface area contributed by atoms with Crippen molar-refractivity contribution in [3.8, 4) is 0 Å². The van der Waals surface area contributed by atoms with Gasteiger partial charge in [0.1, 0.15) is 0 Å². The van der Waals surface area contributed by atoms with Crippen LogP contribution in [0.5, 0.6) is 0 Å². The van der Waals surface area contributed by atoms with Crippen molar-refractivity contribution in [2.24, 2.45) is 16.8 Å². The van der Waals surface area contributed by atoms with Crippen LogP contribution in [0.25, 0.3) is 0 Å². The van der Waals surface area contributed by atoms with Gasteiger partial charge in [0.25, 0.3) is 0 Å². The van der Waals surface area contributed by atoms with E-state index in [0.29, 0.717) is 12.0 Å². The molecule has 2 rings (SSSR count). The van der Waals surface area contributed by atoms with Crippen LogP contribution >= 0.6 is 11.8 Å². The van der Waals surface area contributed by atoms with E-state index < -0.39 is 0 Å². The first-order valence-electron chi connectivity index (χ1n) is 6.77. The first kappa shape index (κ1) is 13.2. The minimum absolute atomic E-state index is 0.615. The van der Waals surface area contributed by atoms with Crippen molar-refractivity contribution in [1.29, 1.82) is 0 Å². The van der Waals surface area contributed by atoms with Crippen molar-refractivity contribution in [3.05, 3.63) is 0 Å². The molecule has 0 bridgehead atoms. The van der Waals surface area contributed by atoms with Crippen LogP contribution in [0.4, 0.5) is 0 Å². The Labute approximate surface area is 109 Å². The Morgan fingerprint density at radius 2 is 2.12 bits per heavy atom. The van der Waals surface area contributed by atoms with Gasteiger partial charge in [0, 0.05) is 31.6 Å². The number of hydrogen-bond donors (Lipinski definition) is 1. The monoisotopic (exact) mass is 256 g/mol. The second-order valence-electron chi connectivity index (χ2n) is 5.33. The third kappa shape index (κ3) is 4.18. The highest BCUT2D eigenvalue weighted by molar-refractivity contribution is 8.13. The third-order valence-electron chi connectivity index (χ3n) is 3.62. The van der Waals surface area contributed by atoms with Crippen LogP contribution < -0.4 is 5.32 Å². The first-order valence-corrected chi connectivity index (χ1v) is 7.76. The Bertz CT molecular complexity index is 262. The normalized spacial score (nSPS) is 29.6. The average Bonchev–Trinajstić information content (AvgIpc) is 2.38. The van der Waals surface area contributed by atoms with Gasteiger partial charge in [-0.1, -0.05) is 25.6 Å². The quantitative estimate of drug-likeness (QED) is 0.842.